The molecule has 3 saturated heterocycles. The molecular formula is C55H64F8N9O8+. The third-order valence-electron chi connectivity index (χ3n) is 15.0. The van der Waals surface area contributed by atoms with E-state index in [2.05, 4.69) is 41.4 Å². The average Bonchev–Trinajstić information content (AvgIpc) is 3.61. The van der Waals surface area contributed by atoms with E-state index in [1.807, 2.05) is 22.8 Å². The number of aliphatic hydroxyl groups excluding tert-OH is 1. The summed E-state index contributed by atoms with van der Waals surface area (Å²) >= 11 is 0. The highest BCUT2D eigenvalue weighted by atomic mass is 19.4. The Labute approximate surface area is 457 Å². The lowest BCUT2D eigenvalue weighted by molar-refractivity contribution is -0.735. The molecule has 6 unspecified atom stereocenters. The number of ether oxygens (including phenoxy) is 3. The molecule has 25 heteroatoms. The van der Waals surface area contributed by atoms with Crippen LogP contribution in [0.15, 0.2) is 73.1 Å². The molecule has 3 fully saturated rings. The lowest BCUT2D eigenvalue weighted by atomic mass is 9.82. The Bertz CT molecular complexity index is 2880. The Morgan fingerprint density at radius 2 is 1.34 bits per heavy atom. The first-order valence-electron chi connectivity index (χ1n) is 25.6. The number of amides is 4. The van der Waals surface area contributed by atoms with Crippen LogP contribution in [-0.4, -0.2) is 151 Å². The van der Waals surface area contributed by atoms with Crippen LogP contribution in [0.1, 0.15) is 68.4 Å². The molecule has 3 aliphatic heterocycles. The Morgan fingerprint density at radius 1 is 0.775 bits per heavy atom. The zero-order chi connectivity index (χ0) is 58.5. The molecular weight excluding hydrogens is 1070 g/mol. The van der Waals surface area contributed by atoms with E-state index in [0.29, 0.717) is 67.9 Å². The van der Waals surface area contributed by atoms with Crippen molar-refractivity contribution in [3.05, 3.63) is 113 Å². The smallest absolute Gasteiger partial charge is 0.407 e. The monoisotopic (exact) mass is 1130 g/mol. The summed E-state index contributed by atoms with van der Waals surface area (Å²) in [5.41, 5.74) is -3.97. The predicted molar refractivity (Wildman–Crippen MR) is 274 cm³/mol. The number of halogens is 8. The van der Waals surface area contributed by atoms with Gasteiger partial charge in [0.2, 0.25) is 5.91 Å². The number of carbonyl (C=O) groups is 4. The van der Waals surface area contributed by atoms with Crippen LogP contribution in [0.4, 0.5) is 50.5 Å². The third kappa shape index (κ3) is 14.1. The number of aryl methyl sites for hydroxylation is 1. The maximum atomic E-state index is 16.1. The van der Waals surface area contributed by atoms with Crippen molar-refractivity contribution >= 4 is 29.8 Å². The number of nitrogens with one attached hydrogen (secondary N) is 3. The number of primary amides is 1. The van der Waals surface area contributed by atoms with Crippen molar-refractivity contribution < 1.29 is 79.0 Å². The highest BCUT2D eigenvalue weighted by Gasteiger charge is 2.58. The molecule has 4 amide bonds. The van der Waals surface area contributed by atoms with Crippen molar-refractivity contribution in [3.8, 4) is 23.1 Å². The minimum Gasteiger partial charge on any atom is -0.453 e. The van der Waals surface area contributed by atoms with Gasteiger partial charge in [-0.3, -0.25) is 14.7 Å². The van der Waals surface area contributed by atoms with Gasteiger partial charge in [0, 0.05) is 59.8 Å². The van der Waals surface area contributed by atoms with E-state index in [-0.39, 0.29) is 11.3 Å². The predicted octanol–water partition coefficient (Wildman–Crippen LogP) is 5.70. The van der Waals surface area contributed by atoms with Crippen LogP contribution >= 0.6 is 0 Å². The summed E-state index contributed by atoms with van der Waals surface area (Å²) in [6.07, 6.45) is -10.3. The first-order valence-corrected chi connectivity index (χ1v) is 25.6. The zero-order valence-corrected chi connectivity index (χ0v) is 45.0. The fraction of sp³-hybridized carbons (Fsp3) is 0.491. The Balaban J connectivity index is 1.18. The molecule has 2 aromatic heterocycles. The number of alkyl carbamates (subject to hydrolysis) is 2. The van der Waals surface area contributed by atoms with Crippen LogP contribution in [0.5, 0.6) is 0 Å². The first-order chi connectivity index (χ1) is 37.6. The second-order valence-electron chi connectivity index (χ2n) is 21.3. The van der Waals surface area contributed by atoms with Crippen molar-refractivity contribution in [2.75, 3.05) is 52.0 Å². The molecule has 2 bridgehead atoms. The van der Waals surface area contributed by atoms with Gasteiger partial charge in [-0.15, -0.1) is 5.01 Å². The number of nitrogens with zero attached hydrogens (tertiary/aromatic N) is 5. The number of alkyl halides is 6. The van der Waals surface area contributed by atoms with E-state index in [9.17, 15) is 50.6 Å². The summed E-state index contributed by atoms with van der Waals surface area (Å²) in [4.78, 5) is 66.8. The minimum atomic E-state index is -5.16. The van der Waals surface area contributed by atoms with E-state index in [1.54, 1.807) is 31.3 Å². The number of carbonyl (C=O) groups excluding carboxylic acids is 4. The average molecular weight is 1130 g/mol. The Morgan fingerprint density at radius 3 is 1.85 bits per heavy atom. The molecule has 5 heterocycles. The topological polar surface area (TPSA) is 204 Å². The highest BCUT2D eigenvalue weighted by molar-refractivity contribution is 5.87. The SMILES string of the molecule is COC(=O)NC(C(=O)NC(Cc1ccc(C#Cc2ccc(N3CC4CCC(C3)N4C3COC3)nc2)cc1)C(O)CN(Cc1c(F)cc(-c2ccc(C)cn2)cc1F)[NH2+]C(=O)C(NC(=O)OC)C(C)(C)C(F)(F)F)C(C)(C)C(F)(F)F. The number of aliphatic hydroxyl groups is 1. The molecule has 432 valence electrons. The van der Waals surface area contributed by atoms with Crippen LogP contribution in [0.3, 0.4) is 0 Å². The van der Waals surface area contributed by atoms with Crippen LogP contribution in [0.25, 0.3) is 11.3 Å². The number of hydrogen-bond donors (Lipinski definition) is 5. The van der Waals surface area contributed by atoms with Crippen LogP contribution in [0.2, 0.25) is 0 Å². The second-order valence-corrected chi connectivity index (χ2v) is 21.3. The second kappa shape index (κ2) is 24.8. The standard InChI is InChI=1S/C55H63F8N9O8/c1-31-8-18-42(64-23-31)35-21-40(56)39(41(57)22-35)27-71(69-49(75)47(68-51(77)79-7)53(4,5)55(61,62)63)28-44(73)43(66-48(74)46(67-50(76)78-6)52(2,3)54(58,59)60)20-33-12-9-32(10-13-33)11-14-34-15-19-45(65-24-34)70-25-36-16-17-37(26-70)72(36)38-29-80-30-38/h8-10,12-13,15,18-19,21-24,36-38,43-44,46-47,73H,16-17,20,25-30H2,1-7H3,(H,66,74)(H,67,76)(H,68,77)(H,69,75)/p+1. The number of fused-ring (bicyclic) bond motifs is 2. The number of hydrogen-bond acceptors (Lipinski definition) is 13. The molecule has 80 heavy (non-hydrogen) atoms. The number of nitrogens with two attached hydrogens (primary N) is 1. The van der Waals surface area contributed by atoms with Gasteiger partial charge < -0.3 is 40.2 Å². The summed E-state index contributed by atoms with van der Waals surface area (Å²) < 4.78 is 134. The molecule has 0 saturated carbocycles. The van der Waals surface area contributed by atoms with Gasteiger partial charge in [-0.2, -0.15) is 26.3 Å². The van der Waals surface area contributed by atoms with Crippen LogP contribution < -0.4 is 26.3 Å². The van der Waals surface area contributed by atoms with E-state index >= 15 is 8.78 Å². The van der Waals surface area contributed by atoms with E-state index < -0.39 is 108 Å². The molecule has 0 radical (unpaired) electrons. The van der Waals surface area contributed by atoms with Crippen LogP contribution in [0, 0.1) is 41.2 Å². The van der Waals surface area contributed by atoms with Crippen molar-refractivity contribution in [1.82, 2.24) is 35.8 Å². The molecule has 6 atom stereocenters. The number of quaternary nitrogens is 1. The van der Waals surface area contributed by atoms with Gasteiger partial charge in [0.1, 0.15) is 23.5 Å². The number of aromatic nitrogens is 2. The normalized spacial score (nSPS) is 18.5. The van der Waals surface area contributed by atoms with Gasteiger partial charge in [-0.1, -0.05) is 30.0 Å². The minimum absolute atomic E-state index is 0.0148. The molecule has 4 aromatic rings. The number of pyridine rings is 2. The van der Waals surface area contributed by atoms with E-state index in [4.69, 9.17) is 9.72 Å². The molecule has 0 spiro atoms. The molecule has 7 rings (SSSR count). The van der Waals surface area contributed by atoms with Gasteiger partial charge in [-0.25, -0.2) is 33.6 Å². The summed E-state index contributed by atoms with van der Waals surface area (Å²) in [6, 6.07) is 9.77. The zero-order valence-electron chi connectivity index (χ0n) is 45.0. The summed E-state index contributed by atoms with van der Waals surface area (Å²) in [5.74, 6) is 1.53. The van der Waals surface area contributed by atoms with Crippen LogP contribution in [-0.2, 0) is 36.8 Å². The molecule has 3 aliphatic rings. The molecule has 6 N–H and O–H groups in total. The Kier molecular flexibility index (Phi) is 18.8. The van der Waals surface area contributed by atoms with Crippen molar-refractivity contribution in [1.29, 1.82) is 0 Å². The summed E-state index contributed by atoms with van der Waals surface area (Å²) in [6.45, 7) is 5.49. The molecule has 17 nitrogen and oxygen atoms in total. The molecule has 2 aromatic carbocycles. The summed E-state index contributed by atoms with van der Waals surface area (Å²) in [5, 5.41) is 19.0. The number of methoxy groups -OCH3 is 2. The van der Waals surface area contributed by atoms with Crippen molar-refractivity contribution in [2.45, 2.75) is 115 Å². The first kappa shape index (κ1) is 60.7. The lowest BCUT2D eigenvalue weighted by Crippen LogP contribution is -3.00. The van der Waals surface area contributed by atoms with Gasteiger partial charge in [-0.05, 0) is 107 Å². The van der Waals surface area contributed by atoms with Crippen molar-refractivity contribution in [2.24, 2.45) is 10.8 Å². The molecule has 0 aliphatic carbocycles. The summed E-state index contributed by atoms with van der Waals surface area (Å²) in [7, 11) is 1.68. The van der Waals surface area contributed by atoms with Gasteiger partial charge in [0.25, 0.3) is 0 Å². The number of rotatable bonds is 18. The number of benzene rings is 2. The maximum absolute atomic E-state index is 16.1. The number of piperazine rings is 1. The van der Waals surface area contributed by atoms with Crippen molar-refractivity contribution in [3.63, 3.8) is 0 Å². The van der Waals surface area contributed by atoms with Gasteiger partial charge >= 0.3 is 30.4 Å². The Hall–Kier alpha value is -6.98. The maximum Gasteiger partial charge on any atom is 0.407 e. The largest absolute Gasteiger partial charge is 0.453 e. The fourth-order valence-corrected chi connectivity index (χ4v) is 9.82. The lowest BCUT2D eigenvalue weighted by Gasteiger charge is -2.47. The quantitative estimate of drug-likeness (QED) is 0.0352. The van der Waals surface area contributed by atoms with Gasteiger partial charge in [0.05, 0.1) is 75.2 Å². The number of anilines is 1. The third-order valence-corrected chi connectivity index (χ3v) is 15.0. The van der Waals surface area contributed by atoms with E-state index in [0.717, 1.165) is 81.9 Å². The van der Waals surface area contributed by atoms with E-state index in [1.165, 1.54) is 24.4 Å². The fourth-order valence-electron chi connectivity index (χ4n) is 9.82. The highest BCUT2D eigenvalue weighted by Crippen LogP contribution is 2.42. The van der Waals surface area contributed by atoms with Gasteiger partial charge in [0.15, 0.2) is 6.04 Å².